The number of carbonyl (C=O) groups excluding carboxylic acids is 3. The molecule has 0 bridgehead atoms. The summed E-state index contributed by atoms with van der Waals surface area (Å²) in [6, 6.07) is 25.5. The smallest absolute Gasteiger partial charge is 0.261 e. The molecule has 5 aromatic rings. The molecular formula is C28H17N3O3. The average molecular weight is 443 g/mol. The monoisotopic (exact) mass is 443 g/mol. The summed E-state index contributed by atoms with van der Waals surface area (Å²) in [5.74, 6) is -0.861. The van der Waals surface area contributed by atoms with Crippen molar-refractivity contribution in [3.05, 3.63) is 107 Å². The Morgan fingerprint density at radius 1 is 0.706 bits per heavy atom. The molecule has 4 aromatic carbocycles. The molecule has 162 valence electrons. The predicted molar refractivity (Wildman–Crippen MR) is 129 cm³/mol. The van der Waals surface area contributed by atoms with Crippen molar-refractivity contribution in [2.24, 2.45) is 0 Å². The van der Waals surface area contributed by atoms with Gasteiger partial charge in [0, 0.05) is 18.2 Å². The third-order valence-electron chi connectivity index (χ3n) is 6.13. The van der Waals surface area contributed by atoms with E-state index in [0.717, 1.165) is 21.2 Å². The molecule has 6 rings (SSSR count). The molecule has 0 unspecified atom stereocenters. The number of carbonyl (C=O) groups is 3. The maximum absolute atomic E-state index is 13.4. The number of hydrogen-bond acceptors (Lipinski definition) is 5. The molecule has 34 heavy (non-hydrogen) atoms. The fraction of sp³-hybridized carbons (Fsp3) is 0.0357. The molecule has 0 fully saturated rings. The average Bonchev–Trinajstić information content (AvgIpc) is 3.09. The standard InChI is InChI=1S/C28H17N3O3/c1-31-27(33)20-12-18-14-22-23(15-19(18)13-21(20)28(31)34)30-25(26(32)17-10-6-3-7-11-17)24(29-22)16-8-4-2-5-9-16/h2-15H,1H3. The van der Waals surface area contributed by atoms with Crippen molar-refractivity contribution in [3.63, 3.8) is 0 Å². The Labute approximate surface area is 194 Å². The van der Waals surface area contributed by atoms with Gasteiger partial charge in [-0.1, -0.05) is 60.7 Å². The number of amides is 2. The van der Waals surface area contributed by atoms with Gasteiger partial charge < -0.3 is 0 Å². The molecule has 0 spiro atoms. The summed E-state index contributed by atoms with van der Waals surface area (Å²) in [7, 11) is 1.47. The number of imide groups is 1. The van der Waals surface area contributed by atoms with Gasteiger partial charge in [0.2, 0.25) is 5.78 Å². The van der Waals surface area contributed by atoms with Crippen LogP contribution in [0.5, 0.6) is 0 Å². The van der Waals surface area contributed by atoms with Crippen LogP contribution in [-0.4, -0.2) is 39.5 Å². The molecule has 0 saturated carbocycles. The largest absolute Gasteiger partial charge is 0.287 e. The van der Waals surface area contributed by atoms with E-state index < -0.39 is 0 Å². The minimum absolute atomic E-state index is 0.217. The first-order valence-electron chi connectivity index (χ1n) is 10.8. The van der Waals surface area contributed by atoms with Gasteiger partial charge in [-0.25, -0.2) is 9.97 Å². The second kappa shape index (κ2) is 7.42. The van der Waals surface area contributed by atoms with Crippen LogP contribution in [0.4, 0.5) is 0 Å². The minimum atomic E-state index is -0.326. The second-order valence-corrected chi connectivity index (χ2v) is 8.24. The Morgan fingerprint density at radius 2 is 1.24 bits per heavy atom. The molecule has 6 nitrogen and oxygen atoms in total. The normalized spacial score (nSPS) is 13.0. The first kappa shape index (κ1) is 19.9. The van der Waals surface area contributed by atoms with Crippen molar-refractivity contribution in [1.82, 2.24) is 14.9 Å². The van der Waals surface area contributed by atoms with E-state index in [9.17, 15) is 14.4 Å². The molecule has 0 aliphatic carbocycles. The molecule has 0 saturated heterocycles. The van der Waals surface area contributed by atoms with E-state index >= 15 is 0 Å². The van der Waals surface area contributed by atoms with E-state index in [2.05, 4.69) is 0 Å². The highest BCUT2D eigenvalue weighted by molar-refractivity contribution is 6.23. The SMILES string of the molecule is CN1C(=O)c2cc3cc4nc(C(=O)c5ccccc5)c(-c5ccccc5)nc4cc3cc2C1=O. The van der Waals surface area contributed by atoms with Crippen LogP contribution in [0.3, 0.4) is 0 Å². The third kappa shape index (κ3) is 3.00. The summed E-state index contributed by atoms with van der Waals surface area (Å²) in [6.45, 7) is 0. The topological polar surface area (TPSA) is 80.2 Å². The highest BCUT2D eigenvalue weighted by atomic mass is 16.2. The number of aromatic nitrogens is 2. The number of rotatable bonds is 3. The molecule has 2 heterocycles. The molecule has 0 N–H and O–H groups in total. The Balaban J connectivity index is 1.61. The highest BCUT2D eigenvalue weighted by Gasteiger charge is 2.33. The molecule has 1 aliphatic rings. The van der Waals surface area contributed by atoms with Crippen LogP contribution in [0.15, 0.2) is 84.9 Å². The second-order valence-electron chi connectivity index (χ2n) is 8.24. The lowest BCUT2D eigenvalue weighted by atomic mass is 10.00. The molecule has 2 amide bonds. The van der Waals surface area contributed by atoms with Crippen molar-refractivity contribution in [3.8, 4) is 11.3 Å². The molecule has 0 atom stereocenters. The first-order chi connectivity index (χ1) is 16.5. The van der Waals surface area contributed by atoms with E-state index in [-0.39, 0.29) is 23.3 Å². The van der Waals surface area contributed by atoms with Gasteiger partial charge in [-0.2, -0.15) is 0 Å². The lowest BCUT2D eigenvalue weighted by molar-refractivity contribution is 0.0693. The summed E-state index contributed by atoms with van der Waals surface area (Å²) < 4.78 is 0. The zero-order valence-electron chi connectivity index (χ0n) is 18.1. The Bertz CT molecular complexity index is 1660. The van der Waals surface area contributed by atoms with E-state index in [1.807, 2.05) is 60.7 Å². The molecular weight excluding hydrogens is 426 g/mol. The number of benzene rings is 4. The van der Waals surface area contributed by atoms with Crippen molar-refractivity contribution in [2.45, 2.75) is 0 Å². The number of hydrogen-bond donors (Lipinski definition) is 0. The molecule has 0 radical (unpaired) electrons. The van der Waals surface area contributed by atoms with E-state index in [4.69, 9.17) is 9.97 Å². The molecule has 1 aromatic heterocycles. The van der Waals surface area contributed by atoms with Crippen molar-refractivity contribution in [1.29, 1.82) is 0 Å². The van der Waals surface area contributed by atoms with Crippen molar-refractivity contribution < 1.29 is 14.4 Å². The highest BCUT2D eigenvalue weighted by Crippen LogP contribution is 2.31. The molecule has 1 aliphatic heterocycles. The number of ketones is 1. The van der Waals surface area contributed by atoms with E-state index in [1.54, 1.807) is 24.3 Å². The van der Waals surface area contributed by atoms with E-state index in [0.29, 0.717) is 33.4 Å². The van der Waals surface area contributed by atoms with Gasteiger partial charge in [0.1, 0.15) is 11.4 Å². The maximum Gasteiger partial charge on any atom is 0.261 e. The third-order valence-corrected chi connectivity index (χ3v) is 6.13. The lowest BCUT2D eigenvalue weighted by Crippen LogP contribution is -2.24. The van der Waals surface area contributed by atoms with Crippen LogP contribution in [0.1, 0.15) is 36.8 Å². The Hall–Kier alpha value is -4.71. The fourth-order valence-corrected chi connectivity index (χ4v) is 4.34. The van der Waals surface area contributed by atoms with Gasteiger partial charge in [0.05, 0.1) is 22.2 Å². The number of nitrogens with zero attached hydrogens (tertiary/aromatic N) is 3. The maximum atomic E-state index is 13.4. The van der Waals surface area contributed by atoms with Crippen LogP contribution in [0.25, 0.3) is 33.1 Å². The van der Waals surface area contributed by atoms with Crippen LogP contribution >= 0.6 is 0 Å². The van der Waals surface area contributed by atoms with E-state index in [1.165, 1.54) is 7.05 Å². The quantitative estimate of drug-likeness (QED) is 0.225. The van der Waals surface area contributed by atoms with Crippen molar-refractivity contribution >= 4 is 39.4 Å². The summed E-state index contributed by atoms with van der Waals surface area (Å²) >= 11 is 0. The minimum Gasteiger partial charge on any atom is -0.287 e. The van der Waals surface area contributed by atoms with Crippen LogP contribution in [0, 0.1) is 0 Å². The van der Waals surface area contributed by atoms with Gasteiger partial charge >= 0.3 is 0 Å². The van der Waals surface area contributed by atoms with Crippen LogP contribution in [-0.2, 0) is 0 Å². The fourth-order valence-electron chi connectivity index (χ4n) is 4.34. The lowest BCUT2D eigenvalue weighted by Gasteiger charge is -2.11. The predicted octanol–water partition coefficient (Wildman–Crippen LogP) is 4.91. The Morgan fingerprint density at radius 3 is 1.82 bits per heavy atom. The number of fused-ring (bicyclic) bond motifs is 3. The summed E-state index contributed by atoms with van der Waals surface area (Å²) in [5, 5.41) is 1.53. The zero-order valence-corrected chi connectivity index (χ0v) is 18.1. The molecule has 6 heteroatoms. The van der Waals surface area contributed by atoms with Gasteiger partial charge in [-0.15, -0.1) is 0 Å². The van der Waals surface area contributed by atoms with Crippen LogP contribution in [0.2, 0.25) is 0 Å². The zero-order chi connectivity index (χ0) is 23.4. The summed E-state index contributed by atoms with van der Waals surface area (Å²) in [5.41, 5.74) is 3.95. The Kier molecular flexibility index (Phi) is 4.35. The van der Waals surface area contributed by atoms with Gasteiger partial charge in [0.25, 0.3) is 11.8 Å². The van der Waals surface area contributed by atoms with Gasteiger partial charge in [0.15, 0.2) is 0 Å². The van der Waals surface area contributed by atoms with Gasteiger partial charge in [-0.3, -0.25) is 19.3 Å². The first-order valence-corrected chi connectivity index (χ1v) is 10.8. The van der Waals surface area contributed by atoms with Gasteiger partial charge in [-0.05, 0) is 35.0 Å². The van der Waals surface area contributed by atoms with Crippen molar-refractivity contribution in [2.75, 3.05) is 7.05 Å². The summed E-state index contributed by atoms with van der Waals surface area (Å²) in [4.78, 5) is 49.0. The summed E-state index contributed by atoms with van der Waals surface area (Å²) in [6.07, 6.45) is 0. The van der Waals surface area contributed by atoms with Crippen LogP contribution < -0.4 is 0 Å².